The molecule has 8 nitrogen and oxygen atoms in total. The van der Waals surface area contributed by atoms with Gasteiger partial charge in [-0.3, -0.25) is 4.57 Å². The fourth-order valence-electron chi connectivity index (χ4n) is 2.30. The van der Waals surface area contributed by atoms with Crippen molar-refractivity contribution in [2.24, 2.45) is 0 Å². The van der Waals surface area contributed by atoms with Gasteiger partial charge in [-0.1, -0.05) is 0 Å². The lowest BCUT2D eigenvalue weighted by atomic mass is 10.2. The van der Waals surface area contributed by atoms with Gasteiger partial charge in [0.05, 0.1) is 26.1 Å². The summed E-state index contributed by atoms with van der Waals surface area (Å²) in [5.41, 5.74) is 6.31. The van der Waals surface area contributed by atoms with E-state index in [4.69, 9.17) is 20.3 Å². The highest BCUT2D eigenvalue weighted by molar-refractivity contribution is 5.77. The summed E-state index contributed by atoms with van der Waals surface area (Å²) < 4.78 is 26.0. The molecule has 1 aliphatic rings. The second kappa shape index (κ2) is 4.84. The van der Waals surface area contributed by atoms with Crippen LogP contribution in [0.25, 0.3) is 11.2 Å². The summed E-state index contributed by atoms with van der Waals surface area (Å²) in [4.78, 5) is 12.1. The molecule has 0 aromatic carbocycles. The van der Waals surface area contributed by atoms with Crippen molar-refractivity contribution in [1.82, 2.24) is 19.5 Å². The molecular formula is C11H14FN5O3. The number of halogens is 1. The van der Waals surface area contributed by atoms with Crippen LogP contribution >= 0.6 is 0 Å². The van der Waals surface area contributed by atoms with Gasteiger partial charge in [-0.25, -0.2) is 9.37 Å². The second-order valence-corrected chi connectivity index (χ2v) is 4.50. The summed E-state index contributed by atoms with van der Waals surface area (Å²) in [6, 6.07) is 0. The monoisotopic (exact) mass is 283 g/mol. The quantitative estimate of drug-likeness (QED) is 0.818. The van der Waals surface area contributed by atoms with Crippen LogP contribution in [-0.4, -0.2) is 50.6 Å². The first-order valence-corrected chi connectivity index (χ1v) is 6.08. The number of ether oxygens (including phenoxy) is 2. The minimum Gasteiger partial charge on any atom is -0.479 e. The van der Waals surface area contributed by atoms with Crippen LogP contribution in [0.5, 0.6) is 5.88 Å². The number of fused-ring (bicyclic) bond motifs is 1. The zero-order valence-electron chi connectivity index (χ0n) is 10.7. The summed E-state index contributed by atoms with van der Waals surface area (Å²) in [6.45, 7) is -0.232. The van der Waals surface area contributed by atoms with Crippen molar-refractivity contribution < 1.29 is 19.0 Å². The van der Waals surface area contributed by atoms with Crippen LogP contribution in [0.2, 0.25) is 0 Å². The fraction of sp³-hybridized carbons (Fsp3) is 0.545. The van der Waals surface area contributed by atoms with E-state index >= 15 is 0 Å². The van der Waals surface area contributed by atoms with E-state index in [-0.39, 0.29) is 24.9 Å². The number of aliphatic hydroxyl groups is 1. The molecule has 0 bridgehead atoms. The van der Waals surface area contributed by atoms with Gasteiger partial charge in [-0.05, 0) is 0 Å². The molecule has 2 aromatic rings. The number of hydrogen-bond acceptors (Lipinski definition) is 7. The highest BCUT2D eigenvalue weighted by Crippen LogP contribution is 2.34. The predicted molar refractivity (Wildman–Crippen MR) is 66.8 cm³/mol. The highest BCUT2D eigenvalue weighted by atomic mass is 19.1. The van der Waals surface area contributed by atoms with Gasteiger partial charge in [0, 0.05) is 6.42 Å². The lowest BCUT2D eigenvalue weighted by Crippen LogP contribution is -2.17. The maximum absolute atomic E-state index is 14.0. The number of nitrogens with two attached hydrogens (primary N) is 1. The van der Waals surface area contributed by atoms with E-state index in [1.807, 2.05) is 0 Å². The van der Waals surface area contributed by atoms with Gasteiger partial charge in [0.15, 0.2) is 17.4 Å². The third kappa shape index (κ3) is 1.95. The number of anilines is 1. The van der Waals surface area contributed by atoms with E-state index in [1.54, 1.807) is 0 Å². The third-order valence-corrected chi connectivity index (χ3v) is 3.21. The molecule has 0 radical (unpaired) electrons. The Bertz CT molecular complexity index is 634. The van der Waals surface area contributed by atoms with E-state index in [9.17, 15) is 4.39 Å². The van der Waals surface area contributed by atoms with E-state index in [0.29, 0.717) is 11.2 Å². The minimum atomic E-state index is -1.26. The van der Waals surface area contributed by atoms with E-state index in [1.165, 1.54) is 18.0 Å². The summed E-state index contributed by atoms with van der Waals surface area (Å²) in [5, 5.41) is 9.06. The number of hydrogen-bond donors (Lipinski definition) is 2. The van der Waals surface area contributed by atoms with Crippen LogP contribution < -0.4 is 10.5 Å². The first-order valence-electron chi connectivity index (χ1n) is 6.08. The van der Waals surface area contributed by atoms with Crippen LogP contribution in [0.15, 0.2) is 6.33 Å². The van der Waals surface area contributed by atoms with E-state index in [2.05, 4.69) is 15.0 Å². The summed E-state index contributed by atoms with van der Waals surface area (Å²) >= 11 is 0. The zero-order valence-corrected chi connectivity index (χ0v) is 10.7. The molecule has 0 spiro atoms. The SMILES string of the molecule is COc1nc(N)nc2c1ncn2[C@@H]1O[C@H](CO)C[C@@H]1F. The Balaban J connectivity index is 2.07. The molecule has 3 rings (SSSR count). The predicted octanol–water partition coefficient (Wildman–Crippen LogP) is 0.0350. The number of rotatable bonds is 3. The van der Waals surface area contributed by atoms with Gasteiger partial charge in [0.25, 0.3) is 0 Å². The van der Waals surface area contributed by atoms with Gasteiger partial charge < -0.3 is 20.3 Å². The largest absolute Gasteiger partial charge is 0.479 e. The van der Waals surface area contributed by atoms with Crippen LogP contribution in [0.3, 0.4) is 0 Å². The fourth-order valence-corrected chi connectivity index (χ4v) is 2.30. The second-order valence-electron chi connectivity index (χ2n) is 4.50. The Morgan fingerprint density at radius 1 is 1.60 bits per heavy atom. The van der Waals surface area contributed by atoms with Crippen molar-refractivity contribution in [3.63, 3.8) is 0 Å². The molecule has 1 aliphatic heterocycles. The number of methoxy groups -OCH3 is 1. The molecule has 0 aliphatic carbocycles. The van der Waals surface area contributed by atoms with Gasteiger partial charge in [0.2, 0.25) is 11.8 Å². The van der Waals surface area contributed by atoms with Crippen molar-refractivity contribution in [2.75, 3.05) is 19.5 Å². The van der Waals surface area contributed by atoms with Crippen LogP contribution in [-0.2, 0) is 4.74 Å². The van der Waals surface area contributed by atoms with Crippen LogP contribution in [0.4, 0.5) is 10.3 Å². The molecule has 1 saturated heterocycles. The van der Waals surface area contributed by atoms with Crippen molar-refractivity contribution in [3.8, 4) is 5.88 Å². The van der Waals surface area contributed by atoms with Gasteiger partial charge in [-0.2, -0.15) is 9.97 Å². The number of nitrogen functional groups attached to an aromatic ring is 1. The van der Waals surface area contributed by atoms with Crippen molar-refractivity contribution in [3.05, 3.63) is 6.33 Å². The number of aliphatic hydroxyl groups excluding tert-OH is 1. The molecule has 0 saturated carbocycles. The van der Waals surface area contributed by atoms with Gasteiger partial charge >= 0.3 is 0 Å². The molecule has 3 atom stereocenters. The highest BCUT2D eigenvalue weighted by Gasteiger charge is 2.37. The Morgan fingerprint density at radius 2 is 2.40 bits per heavy atom. The molecule has 3 N–H and O–H groups in total. The summed E-state index contributed by atoms with van der Waals surface area (Å²) in [5.74, 6) is 0.224. The minimum absolute atomic E-state index is 0.00298. The molecule has 9 heteroatoms. The average molecular weight is 283 g/mol. The molecule has 0 unspecified atom stereocenters. The summed E-state index contributed by atoms with van der Waals surface area (Å²) in [7, 11) is 1.44. The van der Waals surface area contributed by atoms with Crippen LogP contribution in [0, 0.1) is 0 Å². The van der Waals surface area contributed by atoms with Crippen molar-refractivity contribution in [2.45, 2.75) is 24.9 Å². The maximum atomic E-state index is 14.0. The number of aromatic nitrogens is 4. The molecule has 20 heavy (non-hydrogen) atoms. The Hall–Kier alpha value is -2.00. The third-order valence-electron chi connectivity index (χ3n) is 3.21. The van der Waals surface area contributed by atoms with Crippen molar-refractivity contribution >= 4 is 17.1 Å². The Morgan fingerprint density at radius 3 is 3.05 bits per heavy atom. The first kappa shape index (κ1) is 13.0. The lowest BCUT2D eigenvalue weighted by molar-refractivity contribution is -0.0351. The normalized spacial score (nSPS) is 26.2. The molecule has 3 heterocycles. The molecule has 2 aromatic heterocycles. The molecule has 108 valence electrons. The Kier molecular flexibility index (Phi) is 3.14. The number of alkyl halides is 1. The van der Waals surface area contributed by atoms with E-state index < -0.39 is 18.5 Å². The average Bonchev–Trinajstić information content (AvgIpc) is 3.00. The smallest absolute Gasteiger partial charge is 0.246 e. The molecular weight excluding hydrogens is 269 g/mol. The van der Waals surface area contributed by atoms with E-state index in [0.717, 1.165) is 0 Å². The standard InChI is InChI=1S/C11H14FN5O3/c1-19-9-7-8(15-11(13)16-9)17(4-14-7)10-6(12)2-5(3-18)20-10/h4-6,10,18H,2-3H2,1H3,(H2,13,15,16)/t5-,6-,10+/m0/s1. The molecule has 0 amide bonds. The first-order chi connectivity index (χ1) is 9.63. The van der Waals surface area contributed by atoms with Gasteiger partial charge in [0.1, 0.15) is 6.17 Å². The van der Waals surface area contributed by atoms with Crippen molar-refractivity contribution in [1.29, 1.82) is 0 Å². The Labute approximate surface area is 113 Å². The summed E-state index contributed by atoms with van der Waals surface area (Å²) in [6.07, 6.45) is -1.16. The maximum Gasteiger partial charge on any atom is 0.246 e. The van der Waals surface area contributed by atoms with Gasteiger partial charge in [-0.15, -0.1) is 0 Å². The van der Waals surface area contributed by atoms with Crippen LogP contribution in [0.1, 0.15) is 12.6 Å². The number of imidazole rings is 1. The molecule has 1 fully saturated rings. The lowest BCUT2D eigenvalue weighted by Gasteiger charge is -2.15. The topological polar surface area (TPSA) is 108 Å². The number of nitrogens with zero attached hydrogens (tertiary/aromatic N) is 4. The zero-order chi connectivity index (χ0) is 14.3.